The number of hydrogen-bond donors (Lipinski definition) is 0. The second-order valence-corrected chi connectivity index (χ2v) is 21.4. The minimum atomic E-state index is -0.668. The predicted octanol–water partition coefficient (Wildman–Crippen LogP) is 16.5. The third-order valence-corrected chi connectivity index (χ3v) is 15.2. The first-order valence-corrected chi connectivity index (χ1v) is 23.6. The first kappa shape index (κ1) is 40.4. The lowest BCUT2D eigenvalue weighted by molar-refractivity contribution is 0.587. The lowest BCUT2D eigenvalue weighted by Crippen LogP contribution is -2.35. The summed E-state index contributed by atoms with van der Waals surface area (Å²) in [6, 6.07) is 64.5. The number of nitrogens with zero attached hydrogens (tertiary/aromatic N) is 2. The molecule has 2 heteroatoms. The Labute approximate surface area is 389 Å². The summed E-state index contributed by atoms with van der Waals surface area (Å²) in [5, 5.41) is 7.28. The molecule has 2 aliphatic rings. The van der Waals surface area contributed by atoms with Crippen LogP contribution in [0.4, 0.5) is 0 Å². The number of aromatic nitrogens is 2. The van der Waals surface area contributed by atoms with E-state index in [9.17, 15) is 0 Å². The van der Waals surface area contributed by atoms with Crippen molar-refractivity contribution in [1.82, 2.24) is 9.97 Å². The third kappa shape index (κ3) is 5.73. The van der Waals surface area contributed by atoms with Crippen LogP contribution < -0.4 is 0 Å². The normalized spacial score (nSPS) is 14.6. The zero-order chi connectivity index (χ0) is 45.3. The number of pyridine rings is 2. The largest absolute Gasteiger partial charge is 0.256 e. The molecule has 320 valence electrons. The maximum Gasteiger partial charge on any atom is 0.0786 e. The number of fused-ring (bicyclic) bond motifs is 8. The van der Waals surface area contributed by atoms with Crippen LogP contribution in [-0.2, 0) is 21.7 Å². The zero-order valence-electron chi connectivity index (χ0n) is 39.2. The van der Waals surface area contributed by atoms with Crippen LogP contribution in [0.25, 0.3) is 77.1 Å². The van der Waals surface area contributed by atoms with Crippen LogP contribution in [0.15, 0.2) is 182 Å². The number of rotatable bonds is 4. The van der Waals surface area contributed by atoms with Gasteiger partial charge in [0.1, 0.15) is 0 Å². The molecule has 0 amide bonds. The predicted molar refractivity (Wildman–Crippen MR) is 278 cm³/mol. The molecule has 12 rings (SSSR count). The van der Waals surface area contributed by atoms with Crippen molar-refractivity contribution in [3.8, 4) is 44.8 Å². The molecule has 0 radical (unpaired) electrons. The Hall–Kier alpha value is -7.16. The van der Waals surface area contributed by atoms with E-state index < -0.39 is 5.41 Å². The van der Waals surface area contributed by atoms with E-state index in [0.717, 1.165) is 22.3 Å². The Balaban J connectivity index is 1.20. The van der Waals surface area contributed by atoms with Crippen LogP contribution in [0.3, 0.4) is 0 Å². The first-order valence-electron chi connectivity index (χ1n) is 23.6. The van der Waals surface area contributed by atoms with Gasteiger partial charge in [-0.25, -0.2) is 0 Å². The van der Waals surface area contributed by atoms with Gasteiger partial charge in [-0.15, -0.1) is 0 Å². The third-order valence-electron chi connectivity index (χ3n) is 15.2. The van der Waals surface area contributed by atoms with Crippen molar-refractivity contribution in [2.24, 2.45) is 0 Å². The Morgan fingerprint density at radius 3 is 1.50 bits per heavy atom. The van der Waals surface area contributed by atoms with E-state index in [1.165, 1.54) is 99.3 Å². The molecule has 0 spiro atoms. The Morgan fingerprint density at radius 2 is 0.894 bits per heavy atom. The molecule has 0 saturated heterocycles. The van der Waals surface area contributed by atoms with E-state index in [1.54, 1.807) is 0 Å². The van der Waals surface area contributed by atoms with Gasteiger partial charge in [-0.3, -0.25) is 9.97 Å². The van der Waals surface area contributed by atoms with Crippen molar-refractivity contribution in [3.63, 3.8) is 0 Å². The van der Waals surface area contributed by atoms with Crippen molar-refractivity contribution >= 4 is 32.3 Å². The monoisotopic (exact) mass is 850 g/mol. The topological polar surface area (TPSA) is 25.8 Å². The van der Waals surface area contributed by atoms with Gasteiger partial charge in [0.25, 0.3) is 0 Å². The van der Waals surface area contributed by atoms with Crippen LogP contribution in [0.2, 0.25) is 0 Å². The van der Waals surface area contributed by atoms with Crippen molar-refractivity contribution < 1.29 is 0 Å². The lowest BCUT2D eigenvalue weighted by atomic mass is 9.59. The highest BCUT2D eigenvalue weighted by molar-refractivity contribution is 6.12. The Kier molecular flexibility index (Phi) is 8.66. The summed E-state index contributed by atoms with van der Waals surface area (Å²) < 4.78 is 0. The van der Waals surface area contributed by atoms with Crippen LogP contribution in [-0.4, -0.2) is 9.97 Å². The van der Waals surface area contributed by atoms with Crippen molar-refractivity contribution in [2.45, 2.75) is 77.0 Å². The van der Waals surface area contributed by atoms with Gasteiger partial charge in [0.2, 0.25) is 0 Å². The highest BCUT2D eigenvalue weighted by atomic mass is 14.7. The Morgan fingerprint density at radius 1 is 0.394 bits per heavy atom. The summed E-state index contributed by atoms with van der Waals surface area (Å²) in [6.45, 7) is 18.8. The summed E-state index contributed by atoms with van der Waals surface area (Å²) >= 11 is 0. The van der Waals surface area contributed by atoms with E-state index in [2.05, 4.69) is 225 Å². The van der Waals surface area contributed by atoms with Gasteiger partial charge in [-0.1, -0.05) is 207 Å². The first-order chi connectivity index (χ1) is 31.8. The van der Waals surface area contributed by atoms with Crippen molar-refractivity contribution in [2.75, 3.05) is 0 Å². The molecular formula is C64H54N2. The summed E-state index contributed by atoms with van der Waals surface area (Å²) in [5.41, 5.74) is 19.0. The molecule has 10 aromatic rings. The fourth-order valence-electron chi connectivity index (χ4n) is 11.8. The molecule has 66 heavy (non-hydrogen) atoms. The molecule has 0 bridgehead atoms. The van der Waals surface area contributed by atoms with Crippen LogP contribution in [0, 0.1) is 0 Å². The van der Waals surface area contributed by atoms with Gasteiger partial charge >= 0.3 is 0 Å². The maximum absolute atomic E-state index is 5.10. The minimum Gasteiger partial charge on any atom is -0.256 e. The van der Waals surface area contributed by atoms with Gasteiger partial charge in [0.05, 0.1) is 16.8 Å². The average Bonchev–Trinajstić information content (AvgIpc) is 3.62. The van der Waals surface area contributed by atoms with E-state index in [4.69, 9.17) is 9.97 Å². The summed E-state index contributed by atoms with van der Waals surface area (Å²) in [6.07, 6.45) is 3.92. The quantitative estimate of drug-likeness (QED) is 0.176. The second kappa shape index (κ2) is 14.2. The highest BCUT2D eigenvalue weighted by Gasteiger charge is 2.51. The number of benzene rings is 8. The summed E-state index contributed by atoms with van der Waals surface area (Å²) in [5.74, 6) is 0. The molecule has 2 aromatic heterocycles. The molecular weight excluding hydrogens is 797 g/mol. The van der Waals surface area contributed by atoms with E-state index >= 15 is 0 Å². The van der Waals surface area contributed by atoms with Gasteiger partial charge in [-0.2, -0.15) is 0 Å². The van der Waals surface area contributed by atoms with Crippen molar-refractivity contribution in [1.29, 1.82) is 0 Å². The lowest BCUT2D eigenvalue weighted by Gasteiger charge is -2.42. The van der Waals surface area contributed by atoms with Gasteiger partial charge in [-0.05, 0) is 117 Å². The molecule has 0 atom stereocenters. The van der Waals surface area contributed by atoms with E-state index in [1.807, 2.05) is 12.4 Å². The standard InChI is InChI=1S/C64H54N2/c1-61(2,3)42-21-25-44(26-22-42)64(45-27-23-43(24-28-45)62(4,5)6)55-38-41(59-46-16-11-9-14-39(46)34-36-65-59)20-29-48(55)51-31-32-52-50-30-33-53(60-47-17-12-10-15-40(47)35-37-66-60)49-18-13-19-54(56(49)50)63(7,8)57(52)58(51)64/h9-38H,1-8H3. The SMILES string of the molecule is CC(C)(C)c1ccc(C2(c3ccc(C(C)(C)C)cc3)c3cc(-c4nccc5ccccc45)ccc3-c3ccc4c(c32)C(C)(C)c2cccc3c(-c5nccc6ccccc56)ccc-4c23)cc1. The molecule has 2 heterocycles. The fraction of sp³-hybridized carbons (Fsp3) is 0.188. The molecule has 2 nitrogen and oxygen atoms in total. The molecule has 2 aliphatic carbocycles. The molecule has 0 N–H and O–H groups in total. The van der Waals surface area contributed by atoms with Crippen LogP contribution in [0.5, 0.6) is 0 Å². The summed E-state index contributed by atoms with van der Waals surface area (Å²) in [7, 11) is 0. The molecule has 0 saturated carbocycles. The maximum atomic E-state index is 5.10. The smallest absolute Gasteiger partial charge is 0.0786 e. The molecule has 0 fully saturated rings. The zero-order valence-corrected chi connectivity index (χ0v) is 39.2. The van der Waals surface area contributed by atoms with Crippen LogP contribution >= 0.6 is 0 Å². The van der Waals surface area contributed by atoms with Gasteiger partial charge < -0.3 is 0 Å². The Bertz CT molecular complexity index is 3540. The van der Waals surface area contributed by atoms with Gasteiger partial charge in [0, 0.05) is 39.7 Å². The van der Waals surface area contributed by atoms with Crippen LogP contribution in [0.1, 0.15) is 99.9 Å². The minimum absolute atomic E-state index is 0.00268. The second-order valence-electron chi connectivity index (χ2n) is 21.4. The summed E-state index contributed by atoms with van der Waals surface area (Å²) in [4.78, 5) is 10.2. The van der Waals surface area contributed by atoms with E-state index in [0.29, 0.717) is 0 Å². The number of hydrogen-bond acceptors (Lipinski definition) is 2. The highest BCUT2D eigenvalue weighted by Crippen LogP contribution is 2.63. The van der Waals surface area contributed by atoms with Gasteiger partial charge in [0.15, 0.2) is 0 Å². The fourth-order valence-corrected chi connectivity index (χ4v) is 11.8. The van der Waals surface area contributed by atoms with E-state index in [-0.39, 0.29) is 16.2 Å². The average molecular weight is 851 g/mol. The molecule has 0 unspecified atom stereocenters. The molecule has 0 aliphatic heterocycles. The molecule has 8 aromatic carbocycles. The van der Waals surface area contributed by atoms with Crippen molar-refractivity contribution in [3.05, 3.63) is 227 Å².